The first-order valence-corrected chi connectivity index (χ1v) is 10.3. The molecule has 4 rings (SSSR count). The zero-order chi connectivity index (χ0) is 19.8. The molecule has 2 N–H and O–H groups in total. The molecule has 0 aliphatic carbocycles. The lowest BCUT2D eigenvalue weighted by atomic mass is 10.1. The number of imidazole rings is 1. The highest BCUT2D eigenvalue weighted by Gasteiger charge is 2.24. The standard InChI is InChI=1S/C19H21N5O3S/c1-4-5-8-28(25)19-16(20)15-12(14-10-22-11(2)24(14)3)9-13(23-18(15)27-19)17-21-6-7-26-17/h6-7,9-10H,4-5,8,20H2,1-3H3. The van der Waals surface area contributed by atoms with Crippen LogP contribution in [0, 0.1) is 6.92 Å². The van der Waals surface area contributed by atoms with Crippen LogP contribution in [0.4, 0.5) is 5.69 Å². The lowest BCUT2D eigenvalue weighted by Gasteiger charge is -2.07. The van der Waals surface area contributed by atoms with Gasteiger partial charge < -0.3 is 19.1 Å². The van der Waals surface area contributed by atoms with E-state index in [2.05, 4.69) is 15.0 Å². The SMILES string of the molecule is CCCCS(=O)c1oc2nc(-c3ncco3)cc(-c3cnc(C)n3C)c2c1N. The number of rotatable bonds is 6. The zero-order valence-electron chi connectivity index (χ0n) is 15.9. The molecular formula is C19H21N5O3S. The maximum Gasteiger partial charge on any atom is 0.245 e. The number of nitrogen functional groups attached to an aromatic ring is 1. The fraction of sp³-hybridized carbons (Fsp3) is 0.316. The summed E-state index contributed by atoms with van der Waals surface area (Å²) in [6, 6.07) is 1.84. The molecule has 0 radical (unpaired) electrons. The number of unbranched alkanes of at least 4 members (excludes halogenated alkanes) is 1. The Morgan fingerprint density at radius 2 is 2.14 bits per heavy atom. The van der Waals surface area contributed by atoms with Crippen LogP contribution in [-0.2, 0) is 17.8 Å². The van der Waals surface area contributed by atoms with Gasteiger partial charge in [0.15, 0.2) is 0 Å². The molecule has 0 aromatic carbocycles. The average Bonchev–Trinajstić information content (AvgIpc) is 3.41. The fourth-order valence-electron chi connectivity index (χ4n) is 3.05. The Balaban J connectivity index is 1.98. The Morgan fingerprint density at radius 1 is 1.32 bits per heavy atom. The van der Waals surface area contributed by atoms with Gasteiger partial charge in [-0.3, -0.25) is 4.21 Å². The minimum Gasteiger partial charge on any atom is -0.443 e. The number of aromatic nitrogens is 4. The van der Waals surface area contributed by atoms with Gasteiger partial charge in [-0.05, 0) is 19.4 Å². The summed E-state index contributed by atoms with van der Waals surface area (Å²) in [5.41, 5.74) is 9.17. The molecule has 146 valence electrons. The topological polar surface area (TPSA) is 113 Å². The van der Waals surface area contributed by atoms with Gasteiger partial charge in [0.2, 0.25) is 16.7 Å². The molecule has 1 unspecified atom stereocenters. The summed E-state index contributed by atoms with van der Waals surface area (Å²) in [5, 5.41) is 0.888. The third-order valence-corrected chi connectivity index (χ3v) is 6.08. The van der Waals surface area contributed by atoms with Crippen molar-refractivity contribution >= 4 is 27.6 Å². The number of pyridine rings is 1. The Labute approximate surface area is 164 Å². The molecule has 4 aromatic rings. The molecule has 0 fully saturated rings. The number of oxazole rings is 1. The van der Waals surface area contributed by atoms with Crippen molar-refractivity contribution in [1.29, 1.82) is 0 Å². The number of hydrogen-bond acceptors (Lipinski definition) is 7. The lowest BCUT2D eigenvalue weighted by Crippen LogP contribution is -2.00. The number of anilines is 1. The summed E-state index contributed by atoms with van der Waals surface area (Å²) in [4.78, 5) is 13.1. The third kappa shape index (κ3) is 3.01. The van der Waals surface area contributed by atoms with E-state index in [0.717, 1.165) is 29.9 Å². The quantitative estimate of drug-likeness (QED) is 0.526. The summed E-state index contributed by atoms with van der Waals surface area (Å²) in [7, 11) is 0.593. The van der Waals surface area contributed by atoms with Crippen LogP contribution in [0.3, 0.4) is 0 Å². The first-order valence-electron chi connectivity index (χ1n) is 9.01. The van der Waals surface area contributed by atoms with Gasteiger partial charge >= 0.3 is 0 Å². The lowest BCUT2D eigenvalue weighted by molar-refractivity contribution is 0.496. The summed E-state index contributed by atoms with van der Waals surface area (Å²) in [5.74, 6) is 1.71. The Hall–Kier alpha value is -2.94. The van der Waals surface area contributed by atoms with Crippen LogP contribution >= 0.6 is 0 Å². The third-order valence-electron chi connectivity index (χ3n) is 4.70. The molecule has 0 amide bonds. The molecule has 9 heteroatoms. The van der Waals surface area contributed by atoms with Crippen molar-refractivity contribution in [1.82, 2.24) is 19.5 Å². The predicted molar refractivity (Wildman–Crippen MR) is 107 cm³/mol. The normalized spacial score (nSPS) is 12.7. The monoisotopic (exact) mass is 399 g/mol. The average molecular weight is 399 g/mol. The smallest absolute Gasteiger partial charge is 0.245 e. The maximum atomic E-state index is 12.7. The maximum absolute atomic E-state index is 12.7. The van der Waals surface area contributed by atoms with Gasteiger partial charge in [-0.25, -0.2) is 15.0 Å². The van der Waals surface area contributed by atoms with Crippen LogP contribution in [0.15, 0.2) is 38.6 Å². The second-order valence-corrected chi connectivity index (χ2v) is 8.00. The molecular weight excluding hydrogens is 378 g/mol. The van der Waals surface area contributed by atoms with Crippen molar-refractivity contribution in [2.75, 3.05) is 11.5 Å². The van der Waals surface area contributed by atoms with E-state index in [4.69, 9.17) is 14.6 Å². The molecule has 0 aliphatic heterocycles. The highest BCUT2D eigenvalue weighted by Crippen LogP contribution is 2.39. The van der Waals surface area contributed by atoms with Crippen molar-refractivity contribution in [3.8, 4) is 22.8 Å². The second kappa shape index (κ2) is 7.23. The number of hydrogen-bond donors (Lipinski definition) is 1. The fourth-order valence-corrected chi connectivity index (χ4v) is 4.31. The van der Waals surface area contributed by atoms with E-state index in [1.165, 1.54) is 6.26 Å². The van der Waals surface area contributed by atoms with Gasteiger partial charge in [0.25, 0.3) is 0 Å². The van der Waals surface area contributed by atoms with E-state index in [9.17, 15) is 4.21 Å². The van der Waals surface area contributed by atoms with Crippen molar-refractivity contribution < 1.29 is 13.0 Å². The van der Waals surface area contributed by atoms with Crippen molar-refractivity contribution in [3.05, 3.63) is 30.5 Å². The first kappa shape index (κ1) is 18.4. The zero-order valence-corrected chi connectivity index (χ0v) is 16.7. The second-order valence-electron chi connectivity index (χ2n) is 6.53. The molecule has 28 heavy (non-hydrogen) atoms. The molecule has 4 aromatic heterocycles. The van der Waals surface area contributed by atoms with E-state index >= 15 is 0 Å². The van der Waals surface area contributed by atoms with Gasteiger partial charge in [0.1, 0.15) is 17.8 Å². The Kier molecular flexibility index (Phi) is 4.76. The highest BCUT2D eigenvalue weighted by molar-refractivity contribution is 7.85. The van der Waals surface area contributed by atoms with E-state index in [1.807, 2.05) is 31.5 Å². The van der Waals surface area contributed by atoms with Crippen molar-refractivity contribution in [3.63, 3.8) is 0 Å². The molecule has 0 saturated carbocycles. The molecule has 0 aliphatic rings. The van der Waals surface area contributed by atoms with Crippen LogP contribution in [0.25, 0.3) is 33.9 Å². The number of nitrogens with zero attached hydrogens (tertiary/aromatic N) is 4. The van der Waals surface area contributed by atoms with Crippen LogP contribution in [0.1, 0.15) is 25.6 Å². The minimum absolute atomic E-state index is 0.264. The molecule has 8 nitrogen and oxygen atoms in total. The Bertz CT molecular complexity index is 1160. The minimum atomic E-state index is -1.33. The van der Waals surface area contributed by atoms with Gasteiger partial charge in [0, 0.05) is 18.4 Å². The van der Waals surface area contributed by atoms with Crippen LogP contribution in [-0.4, -0.2) is 29.5 Å². The van der Waals surface area contributed by atoms with Crippen LogP contribution in [0.5, 0.6) is 0 Å². The van der Waals surface area contributed by atoms with Crippen LogP contribution < -0.4 is 5.73 Å². The molecule has 1 atom stereocenters. The van der Waals surface area contributed by atoms with E-state index in [0.29, 0.717) is 34.1 Å². The number of furan rings is 1. The Morgan fingerprint density at radius 3 is 2.79 bits per heavy atom. The molecule has 0 bridgehead atoms. The largest absolute Gasteiger partial charge is 0.443 e. The van der Waals surface area contributed by atoms with Crippen molar-refractivity contribution in [2.24, 2.45) is 7.05 Å². The van der Waals surface area contributed by atoms with Gasteiger partial charge in [0.05, 0.1) is 40.0 Å². The summed E-state index contributed by atoms with van der Waals surface area (Å²) >= 11 is 0. The molecule has 0 saturated heterocycles. The number of fused-ring (bicyclic) bond motifs is 1. The van der Waals surface area contributed by atoms with Gasteiger partial charge in [-0.2, -0.15) is 0 Å². The van der Waals surface area contributed by atoms with E-state index in [1.54, 1.807) is 12.4 Å². The first-order chi connectivity index (χ1) is 13.5. The van der Waals surface area contributed by atoms with Gasteiger partial charge in [-0.15, -0.1) is 0 Å². The summed E-state index contributed by atoms with van der Waals surface area (Å²) < 4.78 is 25.9. The number of aryl methyl sites for hydroxylation is 1. The molecule has 0 spiro atoms. The molecule has 4 heterocycles. The highest BCUT2D eigenvalue weighted by atomic mass is 32.2. The van der Waals surface area contributed by atoms with E-state index < -0.39 is 10.8 Å². The van der Waals surface area contributed by atoms with E-state index in [-0.39, 0.29) is 5.09 Å². The van der Waals surface area contributed by atoms with Crippen LogP contribution in [0.2, 0.25) is 0 Å². The van der Waals surface area contributed by atoms with Crippen molar-refractivity contribution in [2.45, 2.75) is 31.8 Å². The number of nitrogens with two attached hydrogens (primary N) is 1. The summed E-state index contributed by atoms with van der Waals surface area (Å²) in [6.07, 6.45) is 6.57. The van der Waals surface area contributed by atoms with Gasteiger partial charge in [-0.1, -0.05) is 13.3 Å². The predicted octanol–water partition coefficient (Wildman–Crippen LogP) is 3.68. The summed E-state index contributed by atoms with van der Waals surface area (Å²) in [6.45, 7) is 3.97.